The maximum absolute atomic E-state index is 8.63. The van der Waals surface area contributed by atoms with Crippen molar-refractivity contribution in [3.05, 3.63) is 30.3 Å². The Bertz CT molecular complexity index is 146. The fraction of sp³-hybridized carbons (Fsp3) is 0. The zero-order valence-corrected chi connectivity index (χ0v) is 7.78. The van der Waals surface area contributed by atoms with Crippen molar-refractivity contribution in [2.45, 2.75) is 0 Å². The van der Waals surface area contributed by atoms with Crippen LogP contribution in [-0.4, -0.2) is 5.11 Å². The van der Waals surface area contributed by atoms with Crippen molar-refractivity contribution < 1.29 is 5.11 Å². The number of halogens is 2. The molecule has 0 radical (unpaired) electrons. The van der Waals surface area contributed by atoms with Gasteiger partial charge in [0.1, 0.15) is 5.75 Å². The van der Waals surface area contributed by atoms with E-state index in [4.69, 9.17) is 5.11 Å². The van der Waals surface area contributed by atoms with Crippen LogP contribution < -0.4 is 0 Å². The van der Waals surface area contributed by atoms with Crippen LogP contribution in [0.15, 0.2) is 30.3 Å². The minimum absolute atomic E-state index is 0. The summed E-state index contributed by atoms with van der Waals surface area (Å²) in [5.41, 5.74) is 0. The van der Waals surface area contributed by atoms with Gasteiger partial charge in [-0.15, -0.1) is 24.8 Å². The molecule has 1 N–H and O–H groups in total. The number of para-hydroxylation sites is 1. The second-order valence-corrected chi connectivity index (χ2v) is 1.34. The lowest BCUT2D eigenvalue weighted by atomic mass is 10.3. The molecule has 0 aromatic heterocycles. The molecule has 1 aromatic carbocycles. The molecule has 1 rings (SSSR count). The normalized spacial score (nSPS) is 6.00. The lowest BCUT2D eigenvalue weighted by Crippen LogP contribution is -1.56. The van der Waals surface area contributed by atoms with Crippen molar-refractivity contribution in [3.63, 3.8) is 0 Å². The van der Waals surface area contributed by atoms with Gasteiger partial charge in [0.2, 0.25) is 0 Å². The Morgan fingerprint density at radius 3 is 1.50 bits per heavy atom. The lowest BCUT2D eigenvalue weighted by molar-refractivity contribution is 0.475. The molecule has 0 heterocycles. The fourth-order valence-electron chi connectivity index (χ4n) is 0.428. The summed E-state index contributed by atoms with van der Waals surface area (Å²) in [6.45, 7) is 0. The van der Waals surface area contributed by atoms with Crippen molar-refractivity contribution in [2.24, 2.45) is 0 Å². The molecular formula is C6H10Cl2OS. The van der Waals surface area contributed by atoms with Crippen molar-refractivity contribution in [3.8, 4) is 5.75 Å². The van der Waals surface area contributed by atoms with E-state index in [1.165, 1.54) is 0 Å². The quantitative estimate of drug-likeness (QED) is 0.683. The van der Waals surface area contributed by atoms with Gasteiger partial charge in [-0.3, -0.25) is 0 Å². The average molecular weight is 201 g/mol. The molecule has 1 nitrogen and oxygen atoms in total. The third-order valence-electron chi connectivity index (χ3n) is 0.756. The number of rotatable bonds is 0. The summed E-state index contributed by atoms with van der Waals surface area (Å²) < 4.78 is 0. The molecule has 4 heteroatoms. The molecule has 0 spiro atoms. The zero-order chi connectivity index (χ0) is 5.11. The molecule has 0 aliphatic heterocycles. The molecule has 0 unspecified atom stereocenters. The maximum Gasteiger partial charge on any atom is 0.115 e. The molecule has 0 amide bonds. The first-order valence-corrected chi connectivity index (χ1v) is 2.13. The molecule has 0 fully saturated rings. The Kier molecular flexibility index (Phi) is 14.8. The van der Waals surface area contributed by atoms with Gasteiger partial charge in [0.25, 0.3) is 0 Å². The second kappa shape index (κ2) is 8.95. The predicted molar refractivity (Wildman–Crippen MR) is 53.0 cm³/mol. The average Bonchev–Trinajstić information content (AvgIpc) is 1.69. The van der Waals surface area contributed by atoms with E-state index in [0.717, 1.165) is 0 Å². The number of benzene rings is 1. The third kappa shape index (κ3) is 6.08. The maximum atomic E-state index is 8.63. The van der Waals surface area contributed by atoms with Gasteiger partial charge in [0.15, 0.2) is 0 Å². The second-order valence-electron chi connectivity index (χ2n) is 1.34. The molecule has 60 valence electrons. The van der Waals surface area contributed by atoms with Crippen LogP contribution in [0, 0.1) is 0 Å². The van der Waals surface area contributed by atoms with Gasteiger partial charge < -0.3 is 5.11 Å². The van der Waals surface area contributed by atoms with Crippen LogP contribution in [-0.2, 0) is 0 Å². The van der Waals surface area contributed by atoms with Crippen molar-refractivity contribution in [1.82, 2.24) is 0 Å². The summed E-state index contributed by atoms with van der Waals surface area (Å²) in [7, 11) is 0. The van der Waals surface area contributed by atoms with E-state index in [1.54, 1.807) is 24.3 Å². The molecule has 10 heavy (non-hydrogen) atoms. The van der Waals surface area contributed by atoms with Crippen LogP contribution in [0.4, 0.5) is 0 Å². The first-order valence-electron chi connectivity index (χ1n) is 2.13. The highest BCUT2D eigenvalue weighted by Gasteiger charge is 1.74. The highest BCUT2D eigenvalue weighted by molar-refractivity contribution is 7.59. The van der Waals surface area contributed by atoms with Crippen LogP contribution in [0.25, 0.3) is 0 Å². The van der Waals surface area contributed by atoms with Gasteiger partial charge in [-0.2, -0.15) is 13.5 Å². The van der Waals surface area contributed by atoms with E-state index in [-0.39, 0.29) is 38.3 Å². The van der Waals surface area contributed by atoms with Crippen LogP contribution in [0.2, 0.25) is 0 Å². The molecule has 0 aliphatic carbocycles. The van der Waals surface area contributed by atoms with Gasteiger partial charge >= 0.3 is 0 Å². The molecule has 0 aliphatic rings. The van der Waals surface area contributed by atoms with Gasteiger partial charge in [-0.1, -0.05) is 18.2 Å². The lowest BCUT2D eigenvalue weighted by Gasteiger charge is -1.82. The van der Waals surface area contributed by atoms with E-state index in [9.17, 15) is 0 Å². The number of aromatic hydroxyl groups is 1. The summed E-state index contributed by atoms with van der Waals surface area (Å²) >= 11 is 0. The topological polar surface area (TPSA) is 20.2 Å². The summed E-state index contributed by atoms with van der Waals surface area (Å²) in [4.78, 5) is 0. The monoisotopic (exact) mass is 200 g/mol. The first kappa shape index (κ1) is 16.5. The van der Waals surface area contributed by atoms with Crippen LogP contribution in [0.5, 0.6) is 5.75 Å². The van der Waals surface area contributed by atoms with Crippen LogP contribution >= 0.6 is 38.3 Å². The Hall–Kier alpha value is -0.0500. The SMILES string of the molecule is Cl.Cl.Oc1ccccc1.S. The fourth-order valence-corrected chi connectivity index (χ4v) is 0.428. The largest absolute Gasteiger partial charge is 0.508 e. The molecule has 0 saturated heterocycles. The van der Waals surface area contributed by atoms with E-state index in [1.807, 2.05) is 6.07 Å². The molecule has 0 bridgehead atoms. The Balaban J connectivity index is -0.000000163. The Morgan fingerprint density at radius 1 is 0.900 bits per heavy atom. The first-order chi connectivity index (χ1) is 3.39. The molecule has 0 saturated carbocycles. The van der Waals surface area contributed by atoms with E-state index in [0.29, 0.717) is 5.75 Å². The number of hydrogen-bond acceptors (Lipinski definition) is 1. The van der Waals surface area contributed by atoms with E-state index in [2.05, 4.69) is 0 Å². The molecule has 1 aromatic rings. The number of phenols is 1. The zero-order valence-electron chi connectivity index (χ0n) is 5.15. The minimum atomic E-state index is 0. The Morgan fingerprint density at radius 2 is 1.30 bits per heavy atom. The Labute approximate surface area is 79.7 Å². The van der Waals surface area contributed by atoms with Crippen LogP contribution in [0.3, 0.4) is 0 Å². The summed E-state index contributed by atoms with van der Waals surface area (Å²) in [5, 5.41) is 8.63. The number of phenolic OH excluding ortho intramolecular Hbond substituents is 1. The van der Waals surface area contributed by atoms with E-state index >= 15 is 0 Å². The highest BCUT2D eigenvalue weighted by Crippen LogP contribution is 2.02. The smallest absolute Gasteiger partial charge is 0.115 e. The number of hydrogen-bond donors (Lipinski definition) is 1. The van der Waals surface area contributed by atoms with Crippen molar-refractivity contribution in [1.29, 1.82) is 0 Å². The molecular weight excluding hydrogens is 191 g/mol. The summed E-state index contributed by atoms with van der Waals surface area (Å²) in [6.07, 6.45) is 0. The summed E-state index contributed by atoms with van der Waals surface area (Å²) in [5.74, 6) is 0.322. The van der Waals surface area contributed by atoms with Crippen LogP contribution in [0.1, 0.15) is 0 Å². The van der Waals surface area contributed by atoms with Gasteiger partial charge in [0, 0.05) is 0 Å². The van der Waals surface area contributed by atoms with Gasteiger partial charge in [0.05, 0.1) is 0 Å². The predicted octanol–water partition coefficient (Wildman–Crippen LogP) is 2.35. The van der Waals surface area contributed by atoms with Gasteiger partial charge in [-0.25, -0.2) is 0 Å². The standard InChI is InChI=1S/C6H6O.2ClH.H2S/c7-6-4-2-1-3-5-6;;;/h1-5,7H;2*1H;1H2. The summed E-state index contributed by atoms with van der Waals surface area (Å²) in [6, 6.07) is 8.71. The van der Waals surface area contributed by atoms with Crippen molar-refractivity contribution in [2.75, 3.05) is 0 Å². The molecule has 0 atom stereocenters. The third-order valence-corrected chi connectivity index (χ3v) is 0.756. The van der Waals surface area contributed by atoms with Crippen molar-refractivity contribution >= 4 is 38.3 Å². The highest BCUT2D eigenvalue weighted by atomic mass is 35.5. The van der Waals surface area contributed by atoms with E-state index < -0.39 is 0 Å². The minimum Gasteiger partial charge on any atom is -0.508 e. The van der Waals surface area contributed by atoms with Gasteiger partial charge in [-0.05, 0) is 12.1 Å².